The molecular formula is C19H18FN. The summed E-state index contributed by atoms with van der Waals surface area (Å²) in [6.07, 6.45) is 5.52. The molecule has 1 heterocycles. The Balaban J connectivity index is 1.81. The van der Waals surface area contributed by atoms with E-state index in [1.807, 2.05) is 12.1 Å². The van der Waals surface area contributed by atoms with E-state index in [2.05, 4.69) is 48.7 Å². The zero-order valence-corrected chi connectivity index (χ0v) is 12.0. The third-order valence-electron chi connectivity index (χ3n) is 4.78. The molecule has 0 bridgehead atoms. The SMILES string of the molecule is Cc1ccc([C@H]2Nc3c(F)cccc3C3C=CCC32)cc1. The van der Waals surface area contributed by atoms with E-state index >= 15 is 0 Å². The highest BCUT2D eigenvalue weighted by atomic mass is 19.1. The average Bonchev–Trinajstić information content (AvgIpc) is 2.98. The molecule has 1 N–H and O–H groups in total. The van der Waals surface area contributed by atoms with Crippen molar-refractivity contribution >= 4 is 5.69 Å². The lowest BCUT2D eigenvalue weighted by molar-refractivity contribution is 0.421. The summed E-state index contributed by atoms with van der Waals surface area (Å²) in [6.45, 7) is 2.09. The molecule has 0 amide bonds. The number of fused-ring (bicyclic) bond motifs is 3. The second-order valence-electron chi connectivity index (χ2n) is 6.09. The van der Waals surface area contributed by atoms with Crippen molar-refractivity contribution < 1.29 is 4.39 Å². The summed E-state index contributed by atoms with van der Waals surface area (Å²) in [4.78, 5) is 0. The van der Waals surface area contributed by atoms with E-state index in [4.69, 9.17) is 0 Å². The van der Waals surface area contributed by atoms with Gasteiger partial charge in [0, 0.05) is 5.92 Å². The van der Waals surface area contributed by atoms with Gasteiger partial charge in [-0.3, -0.25) is 0 Å². The fourth-order valence-electron chi connectivity index (χ4n) is 3.69. The first-order valence-corrected chi connectivity index (χ1v) is 7.52. The second-order valence-corrected chi connectivity index (χ2v) is 6.09. The highest BCUT2D eigenvalue weighted by Crippen LogP contribution is 2.50. The Hall–Kier alpha value is -2.09. The molecule has 2 heteroatoms. The Labute approximate surface area is 124 Å². The van der Waals surface area contributed by atoms with E-state index in [-0.39, 0.29) is 11.9 Å². The van der Waals surface area contributed by atoms with Gasteiger partial charge >= 0.3 is 0 Å². The van der Waals surface area contributed by atoms with Crippen molar-refractivity contribution in [2.75, 3.05) is 5.32 Å². The normalized spacial score (nSPS) is 26.1. The summed E-state index contributed by atoms with van der Waals surface area (Å²) in [7, 11) is 0. The largest absolute Gasteiger partial charge is 0.375 e. The summed E-state index contributed by atoms with van der Waals surface area (Å²) in [5.74, 6) is 0.647. The number of rotatable bonds is 1. The van der Waals surface area contributed by atoms with Crippen LogP contribution in [0.2, 0.25) is 0 Å². The molecule has 2 aliphatic rings. The maximum Gasteiger partial charge on any atom is 0.146 e. The summed E-state index contributed by atoms with van der Waals surface area (Å²) in [5.41, 5.74) is 4.27. The van der Waals surface area contributed by atoms with Gasteiger partial charge < -0.3 is 5.32 Å². The van der Waals surface area contributed by atoms with E-state index < -0.39 is 0 Å². The number of hydrogen-bond donors (Lipinski definition) is 1. The Kier molecular flexibility index (Phi) is 2.85. The average molecular weight is 279 g/mol. The summed E-state index contributed by atoms with van der Waals surface area (Å²) < 4.78 is 14.2. The van der Waals surface area contributed by atoms with Crippen LogP contribution in [0.25, 0.3) is 0 Å². The lowest BCUT2D eigenvalue weighted by Gasteiger charge is -2.37. The van der Waals surface area contributed by atoms with E-state index in [0.29, 0.717) is 17.5 Å². The lowest BCUT2D eigenvalue weighted by Crippen LogP contribution is -2.29. The van der Waals surface area contributed by atoms with E-state index in [0.717, 1.165) is 12.0 Å². The number of allylic oxidation sites excluding steroid dienone is 2. The van der Waals surface area contributed by atoms with Crippen molar-refractivity contribution in [3.05, 3.63) is 77.1 Å². The van der Waals surface area contributed by atoms with E-state index in [1.54, 1.807) is 0 Å². The van der Waals surface area contributed by atoms with Gasteiger partial charge in [-0.25, -0.2) is 4.39 Å². The fourth-order valence-corrected chi connectivity index (χ4v) is 3.69. The monoisotopic (exact) mass is 279 g/mol. The molecule has 2 aromatic rings. The van der Waals surface area contributed by atoms with Gasteiger partial charge in [0.05, 0.1) is 11.7 Å². The highest BCUT2D eigenvalue weighted by molar-refractivity contribution is 5.60. The van der Waals surface area contributed by atoms with Crippen LogP contribution in [0.1, 0.15) is 35.1 Å². The molecule has 0 saturated heterocycles. The van der Waals surface area contributed by atoms with Crippen molar-refractivity contribution in [2.45, 2.75) is 25.3 Å². The standard InChI is InChI=1S/C19H18FN/c1-12-8-10-13(11-9-12)18-15-5-2-4-14(15)16-6-3-7-17(20)19(16)21-18/h2-4,6-11,14-15,18,21H,5H2,1H3/t14?,15?,18-/m1/s1. The van der Waals surface area contributed by atoms with Crippen molar-refractivity contribution in [3.63, 3.8) is 0 Å². The molecule has 2 aromatic carbocycles. The quantitative estimate of drug-likeness (QED) is 0.727. The number of halogens is 1. The smallest absolute Gasteiger partial charge is 0.146 e. The summed E-state index contributed by atoms with van der Waals surface area (Å²) >= 11 is 0. The van der Waals surface area contributed by atoms with Gasteiger partial charge in [-0.1, -0.05) is 54.1 Å². The van der Waals surface area contributed by atoms with Crippen LogP contribution in [-0.4, -0.2) is 0 Å². The van der Waals surface area contributed by atoms with Crippen molar-refractivity contribution in [1.82, 2.24) is 0 Å². The third-order valence-corrected chi connectivity index (χ3v) is 4.78. The molecule has 4 rings (SSSR count). The molecule has 0 spiro atoms. The molecule has 0 radical (unpaired) electrons. The van der Waals surface area contributed by atoms with Gasteiger partial charge in [0.15, 0.2) is 0 Å². The predicted molar refractivity (Wildman–Crippen MR) is 83.9 cm³/mol. The van der Waals surface area contributed by atoms with Gasteiger partial charge in [0.1, 0.15) is 5.82 Å². The number of benzene rings is 2. The first-order valence-electron chi connectivity index (χ1n) is 7.52. The molecule has 21 heavy (non-hydrogen) atoms. The van der Waals surface area contributed by atoms with Gasteiger partial charge in [-0.05, 0) is 36.5 Å². The van der Waals surface area contributed by atoms with Gasteiger partial charge in [-0.2, -0.15) is 0 Å². The zero-order valence-electron chi connectivity index (χ0n) is 12.0. The van der Waals surface area contributed by atoms with E-state index in [9.17, 15) is 4.39 Å². The van der Waals surface area contributed by atoms with Crippen LogP contribution in [-0.2, 0) is 0 Å². The van der Waals surface area contributed by atoms with E-state index in [1.165, 1.54) is 17.2 Å². The Bertz CT molecular complexity index is 702. The van der Waals surface area contributed by atoms with Crippen LogP contribution in [0.15, 0.2) is 54.6 Å². The molecule has 106 valence electrons. The molecule has 1 aliphatic carbocycles. The third kappa shape index (κ3) is 1.98. The highest BCUT2D eigenvalue weighted by Gasteiger charge is 2.38. The van der Waals surface area contributed by atoms with Crippen molar-refractivity contribution in [3.8, 4) is 0 Å². The summed E-state index contributed by atoms with van der Waals surface area (Å²) in [5, 5.41) is 3.46. The minimum atomic E-state index is -0.150. The number of aryl methyl sites for hydroxylation is 1. The van der Waals surface area contributed by atoms with Crippen LogP contribution in [0.4, 0.5) is 10.1 Å². The molecular weight excluding hydrogens is 261 g/mol. The first-order chi connectivity index (χ1) is 10.2. The molecule has 2 unspecified atom stereocenters. The second kappa shape index (κ2) is 4.73. The Morgan fingerprint density at radius 2 is 1.90 bits per heavy atom. The summed E-state index contributed by atoms with van der Waals surface area (Å²) in [6, 6.07) is 14.2. The minimum absolute atomic E-state index is 0.150. The Morgan fingerprint density at radius 3 is 2.71 bits per heavy atom. The number of anilines is 1. The molecule has 1 nitrogen and oxygen atoms in total. The van der Waals surface area contributed by atoms with Gasteiger partial charge in [-0.15, -0.1) is 0 Å². The number of hydrogen-bond acceptors (Lipinski definition) is 1. The molecule has 1 aliphatic heterocycles. The van der Waals surface area contributed by atoms with Crippen LogP contribution in [0, 0.1) is 18.7 Å². The molecule has 3 atom stereocenters. The number of para-hydroxylation sites is 1. The zero-order chi connectivity index (χ0) is 14.4. The van der Waals surface area contributed by atoms with Crippen LogP contribution < -0.4 is 5.32 Å². The van der Waals surface area contributed by atoms with Crippen LogP contribution >= 0.6 is 0 Å². The maximum absolute atomic E-state index is 14.2. The maximum atomic E-state index is 14.2. The predicted octanol–water partition coefficient (Wildman–Crippen LogP) is 4.96. The van der Waals surface area contributed by atoms with Gasteiger partial charge in [0.2, 0.25) is 0 Å². The van der Waals surface area contributed by atoms with Crippen LogP contribution in [0.3, 0.4) is 0 Å². The van der Waals surface area contributed by atoms with Gasteiger partial charge in [0.25, 0.3) is 0 Å². The fraction of sp³-hybridized carbons (Fsp3) is 0.263. The lowest BCUT2D eigenvalue weighted by atomic mass is 9.77. The van der Waals surface area contributed by atoms with Crippen LogP contribution in [0.5, 0.6) is 0 Å². The molecule has 0 saturated carbocycles. The molecule has 0 fully saturated rings. The first kappa shape index (κ1) is 12.6. The van der Waals surface area contributed by atoms with Crippen molar-refractivity contribution in [2.24, 2.45) is 5.92 Å². The van der Waals surface area contributed by atoms with Crippen molar-refractivity contribution in [1.29, 1.82) is 0 Å². The Morgan fingerprint density at radius 1 is 1.10 bits per heavy atom. The number of nitrogens with one attached hydrogen (secondary N) is 1. The topological polar surface area (TPSA) is 12.0 Å². The molecule has 0 aromatic heterocycles. The minimum Gasteiger partial charge on any atom is -0.375 e.